The summed E-state index contributed by atoms with van der Waals surface area (Å²) in [7, 11) is 1.35. The lowest BCUT2D eigenvalue weighted by molar-refractivity contribution is 0.0601. The largest absolute Gasteiger partial charge is 0.507 e. The molecule has 0 radical (unpaired) electrons. The minimum absolute atomic E-state index is 0.148. The zero-order valence-corrected chi connectivity index (χ0v) is 17.2. The second-order valence-electron chi connectivity index (χ2n) is 7.62. The van der Waals surface area contributed by atoms with Gasteiger partial charge in [-0.1, -0.05) is 24.3 Å². The number of pyridine rings is 1. The Balaban J connectivity index is 1.88. The van der Waals surface area contributed by atoms with E-state index in [9.17, 15) is 9.90 Å². The fraction of sp³-hybridized carbons (Fsp3) is 0.250. The van der Waals surface area contributed by atoms with Crippen molar-refractivity contribution in [3.05, 3.63) is 71.7 Å². The molecule has 3 heterocycles. The number of ether oxygens (including phenoxy) is 1. The number of nitrogens with one attached hydrogen (secondary N) is 1. The molecule has 0 spiro atoms. The van der Waals surface area contributed by atoms with Gasteiger partial charge in [0, 0.05) is 60.3 Å². The first-order chi connectivity index (χ1) is 15.2. The summed E-state index contributed by atoms with van der Waals surface area (Å²) in [5.74, 6) is -0.349. The van der Waals surface area contributed by atoms with Crippen LogP contribution < -0.4 is 5.32 Å². The highest BCUT2D eigenvalue weighted by atomic mass is 16.5. The van der Waals surface area contributed by atoms with Crippen molar-refractivity contribution >= 4 is 27.7 Å². The number of methoxy groups -OCH3 is 1. The smallest absolute Gasteiger partial charge is 0.341 e. The zero-order valence-electron chi connectivity index (χ0n) is 17.2. The number of phenolic OH excluding ortho intramolecular Hbond substituents is 1. The molecule has 31 heavy (non-hydrogen) atoms. The Morgan fingerprint density at radius 3 is 2.58 bits per heavy atom. The van der Waals surface area contributed by atoms with Crippen LogP contribution in [0.25, 0.3) is 21.7 Å². The summed E-state index contributed by atoms with van der Waals surface area (Å²) in [6.07, 6.45) is 4.92. The van der Waals surface area contributed by atoms with E-state index in [0.29, 0.717) is 27.5 Å². The van der Waals surface area contributed by atoms with Crippen molar-refractivity contribution in [2.24, 2.45) is 0 Å². The maximum absolute atomic E-state index is 12.6. The summed E-state index contributed by atoms with van der Waals surface area (Å²) in [6.45, 7) is 3.28. The van der Waals surface area contributed by atoms with E-state index >= 15 is 0 Å². The fourth-order valence-corrected chi connectivity index (χ4v) is 4.55. The van der Waals surface area contributed by atoms with E-state index in [4.69, 9.17) is 9.15 Å². The second-order valence-corrected chi connectivity index (χ2v) is 7.62. The van der Waals surface area contributed by atoms with Crippen LogP contribution in [0.1, 0.15) is 27.5 Å². The number of aromatic hydroxyl groups is 1. The topological polar surface area (TPSA) is 87.8 Å². The number of hydrogen-bond acceptors (Lipinski definition) is 7. The summed E-state index contributed by atoms with van der Waals surface area (Å²) in [5.41, 5.74) is 2.51. The number of esters is 1. The molecule has 0 aliphatic carbocycles. The minimum Gasteiger partial charge on any atom is -0.507 e. The third-order valence-corrected chi connectivity index (χ3v) is 5.96. The molecule has 1 aliphatic rings. The first kappa shape index (κ1) is 19.5. The minimum atomic E-state index is -0.497. The Morgan fingerprint density at radius 1 is 1.16 bits per heavy atom. The third kappa shape index (κ3) is 3.22. The number of carbonyl (C=O) groups excluding carboxylic acids is 1. The predicted molar refractivity (Wildman–Crippen MR) is 117 cm³/mol. The average Bonchev–Trinajstić information content (AvgIpc) is 3.27. The molecule has 1 fully saturated rings. The molecule has 7 heteroatoms. The monoisotopic (exact) mass is 417 g/mol. The van der Waals surface area contributed by atoms with E-state index in [1.807, 2.05) is 36.4 Å². The molecule has 4 aromatic rings. The van der Waals surface area contributed by atoms with Crippen LogP contribution in [0.3, 0.4) is 0 Å². The highest BCUT2D eigenvalue weighted by molar-refractivity contribution is 6.16. The van der Waals surface area contributed by atoms with Crippen LogP contribution in [-0.4, -0.2) is 54.2 Å². The van der Waals surface area contributed by atoms with Crippen LogP contribution in [0.15, 0.2) is 59.5 Å². The van der Waals surface area contributed by atoms with Crippen molar-refractivity contribution in [3.63, 3.8) is 0 Å². The van der Waals surface area contributed by atoms with E-state index in [-0.39, 0.29) is 11.8 Å². The van der Waals surface area contributed by atoms with Gasteiger partial charge in [-0.2, -0.15) is 0 Å². The standard InChI is InChI=1S/C24H23N3O4/c1-30-24(29)18-14-31-23-17-5-3-2-4-16(17)22(28)20(19(18)23)21(15-6-8-25-9-7-15)27-12-10-26-11-13-27/h2-9,14,21,26,28H,10-13H2,1H3. The van der Waals surface area contributed by atoms with Gasteiger partial charge in [-0.3, -0.25) is 9.88 Å². The molecular weight excluding hydrogens is 394 g/mol. The molecule has 5 rings (SSSR count). The lowest BCUT2D eigenvalue weighted by atomic mass is 9.89. The molecule has 0 saturated carbocycles. The molecular formula is C24H23N3O4. The van der Waals surface area contributed by atoms with Crippen LogP contribution in [0, 0.1) is 0 Å². The van der Waals surface area contributed by atoms with Gasteiger partial charge < -0.3 is 19.6 Å². The number of aromatic nitrogens is 1. The van der Waals surface area contributed by atoms with Crippen LogP contribution in [-0.2, 0) is 4.74 Å². The Bertz CT molecular complexity index is 1250. The Morgan fingerprint density at radius 2 is 1.87 bits per heavy atom. The van der Waals surface area contributed by atoms with Crippen LogP contribution >= 0.6 is 0 Å². The van der Waals surface area contributed by atoms with E-state index in [1.165, 1.54) is 13.4 Å². The number of hydrogen-bond donors (Lipinski definition) is 2. The number of rotatable bonds is 4. The highest BCUT2D eigenvalue weighted by Gasteiger charge is 2.32. The van der Waals surface area contributed by atoms with Gasteiger partial charge in [0.25, 0.3) is 0 Å². The zero-order chi connectivity index (χ0) is 21.4. The van der Waals surface area contributed by atoms with Crippen molar-refractivity contribution in [2.75, 3.05) is 33.3 Å². The molecule has 0 bridgehead atoms. The van der Waals surface area contributed by atoms with Crippen LogP contribution in [0.5, 0.6) is 5.75 Å². The second kappa shape index (κ2) is 8.02. The summed E-state index contributed by atoms with van der Waals surface area (Å²) >= 11 is 0. The number of piperazine rings is 1. The molecule has 1 aliphatic heterocycles. The molecule has 2 N–H and O–H groups in total. The molecule has 2 aromatic carbocycles. The summed E-state index contributed by atoms with van der Waals surface area (Å²) in [5, 5.41) is 17.0. The van der Waals surface area contributed by atoms with Gasteiger partial charge in [-0.15, -0.1) is 0 Å². The molecule has 2 aromatic heterocycles. The van der Waals surface area contributed by atoms with Crippen molar-refractivity contribution in [1.82, 2.24) is 15.2 Å². The van der Waals surface area contributed by atoms with E-state index < -0.39 is 5.97 Å². The number of furan rings is 1. The van der Waals surface area contributed by atoms with Gasteiger partial charge in [0.2, 0.25) is 0 Å². The molecule has 158 valence electrons. The van der Waals surface area contributed by atoms with Crippen molar-refractivity contribution in [3.8, 4) is 5.75 Å². The van der Waals surface area contributed by atoms with E-state index in [2.05, 4.69) is 15.2 Å². The predicted octanol–water partition coefficient (Wildman–Crippen LogP) is 3.47. The number of carbonyl (C=O) groups is 1. The maximum atomic E-state index is 12.6. The molecule has 1 atom stereocenters. The van der Waals surface area contributed by atoms with Crippen LogP contribution in [0.4, 0.5) is 0 Å². The van der Waals surface area contributed by atoms with Gasteiger partial charge in [0.15, 0.2) is 0 Å². The van der Waals surface area contributed by atoms with Gasteiger partial charge in [0.05, 0.1) is 13.2 Å². The SMILES string of the molecule is COC(=O)c1coc2c1c(C(c1ccncc1)N1CCNCC1)c(O)c1ccccc12. The molecule has 1 unspecified atom stereocenters. The molecule has 1 saturated heterocycles. The Hall–Kier alpha value is -3.42. The van der Waals surface area contributed by atoms with E-state index in [1.54, 1.807) is 12.4 Å². The van der Waals surface area contributed by atoms with Gasteiger partial charge in [-0.05, 0) is 17.7 Å². The first-order valence-electron chi connectivity index (χ1n) is 10.3. The van der Waals surface area contributed by atoms with Gasteiger partial charge in [0.1, 0.15) is 23.2 Å². The van der Waals surface area contributed by atoms with Crippen molar-refractivity contribution < 1.29 is 19.1 Å². The summed E-state index contributed by atoms with van der Waals surface area (Å²) in [6, 6.07) is 11.1. The van der Waals surface area contributed by atoms with Gasteiger partial charge in [-0.25, -0.2) is 4.79 Å². The third-order valence-electron chi connectivity index (χ3n) is 5.96. The molecule has 7 nitrogen and oxygen atoms in total. The highest BCUT2D eigenvalue weighted by Crippen LogP contribution is 2.46. The quantitative estimate of drug-likeness (QED) is 0.492. The molecule has 0 amide bonds. The normalized spacial score (nSPS) is 15.9. The lowest BCUT2D eigenvalue weighted by Gasteiger charge is -2.36. The number of phenols is 1. The number of fused-ring (bicyclic) bond motifs is 3. The number of nitrogens with zero attached hydrogens (tertiary/aromatic N) is 2. The van der Waals surface area contributed by atoms with Gasteiger partial charge >= 0.3 is 5.97 Å². The van der Waals surface area contributed by atoms with Crippen molar-refractivity contribution in [2.45, 2.75) is 6.04 Å². The maximum Gasteiger partial charge on any atom is 0.341 e. The fourth-order valence-electron chi connectivity index (χ4n) is 4.55. The Kier molecular flexibility index (Phi) is 5.05. The lowest BCUT2D eigenvalue weighted by Crippen LogP contribution is -2.45. The number of benzene rings is 2. The van der Waals surface area contributed by atoms with E-state index in [0.717, 1.165) is 37.1 Å². The first-order valence-corrected chi connectivity index (χ1v) is 10.3. The summed E-state index contributed by atoms with van der Waals surface area (Å²) < 4.78 is 10.9. The Labute approximate surface area is 179 Å². The summed E-state index contributed by atoms with van der Waals surface area (Å²) in [4.78, 5) is 19.1. The average molecular weight is 417 g/mol. The van der Waals surface area contributed by atoms with Crippen LogP contribution in [0.2, 0.25) is 0 Å². The van der Waals surface area contributed by atoms with Crippen molar-refractivity contribution in [1.29, 1.82) is 0 Å².